The highest BCUT2D eigenvalue weighted by molar-refractivity contribution is 5.80. The quantitative estimate of drug-likeness (QED) is 0.675. The molecule has 30 heavy (non-hydrogen) atoms. The molecule has 1 aliphatic heterocycles. The minimum absolute atomic E-state index is 0.177. The number of nitrogens with zero attached hydrogens (tertiary/aromatic N) is 3. The number of carbonyl (C=O) groups excluding carboxylic acids is 2. The maximum atomic E-state index is 13.0. The average Bonchev–Trinajstić information content (AvgIpc) is 2.79. The van der Waals surface area contributed by atoms with Gasteiger partial charge in [0, 0.05) is 24.7 Å². The first-order valence-electron chi connectivity index (χ1n) is 10.1. The summed E-state index contributed by atoms with van der Waals surface area (Å²) in [5.41, 5.74) is 1.08. The zero-order valence-electron chi connectivity index (χ0n) is 17.5. The van der Waals surface area contributed by atoms with Crippen molar-refractivity contribution in [3.63, 3.8) is 0 Å². The average molecular weight is 413 g/mol. The van der Waals surface area contributed by atoms with Crippen LogP contribution in [0.1, 0.15) is 32.7 Å². The van der Waals surface area contributed by atoms with E-state index in [1.54, 1.807) is 31.9 Å². The van der Waals surface area contributed by atoms with Crippen LogP contribution in [-0.4, -0.2) is 53.4 Å². The smallest absolute Gasteiger partial charge is 0.309 e. The molecule has 2 aromatic rings. The first-order chi connectivity index (χ1) is 14.4. The molecule has 0 bridgehead atoms. The number of methoxy groups -OCH3 is 1. The van der Waals surface area contributed by atoms with Crippen molar-refractivity contribution >= 4 is 11.9 Å². The summed E-state index contributed by atoms with van der Waals surface area (Å²) in [6.45, 7) is 4.72. The third-order valence-corrected chi connectivity index (χ3v) is 5.36. The van der Waals surface area contributed by atoms with Crippen LogP contribution in [-0.2, 0) is 14.3 Å². The predicted molar refractivity (Wildman–Crippen MR) is 111 cm³/mol. The maximum Gasteiger partial charge on any atom is 0.309 e. The number of esters is 1. The van der Waals surface area contributed by atoms with Crippen molar-refractivity contribution in [3.8, 4) is 17.0 Å². The van der Waals surface area contributed by atoms with Crippen molar-refractivity contribution in [2.45, 2.75) is 32.7 Å². The van der Waals surface area contributed by atoms with Gasteiger partial charge in [-0.2, -0.15) is 5.10 Å². The van der Waals surface area contributed by atoms with Crippen molar-refractivity contribution < 1.29 is 19.1 Å². The molecule has 8 nitrogen and oxygen atoms in total. The Kier molecular flexibility index (Phi) is 6.87. The van der Waals surface area contributed by atoms with Crippen LogP contribution in [0.15, 0.2) is 41.2 Å². The molecule has 3 rings (SSSR count). The highest BCUT2D eigenvalue weighted by Crippen LogP contribution is 2.22. The van der Waals surface area contributed by atoms with Gasteiger partial charge in [-0.05, 0) is 57.0 Å². The van der Waals surface area contributed by atoms with Crippen LogP contribution in [0, 0.1) is 5.92 Å². The van der Waals surface area contributed by atoms with Gasteiger partial charge >= 0.3 is 5.97 Å². The van der Waals surface area contributed by atoms with Crippen LogP contribution in [0.25, 0.3) is 11.3 Å². The minimum Gasteiger partial charge on any atom is -0.497 e. The van der Waals surface area contributed by atoms with E-state index in [9.17, 15) is 14.4 Å². The molecule has 1 aromatic carbocycles. The van der Waals surface area contributed by atoms with Crippen LogP contribution in [0.2, 0.25) is 0 Å². The second-order valence-corrected chi connectivity index (χ2v) is 7.26. The van der Waals surface area contributed by atoms with Gasteiger partial charge in [0.1, 0.15) is 11.8 Å². The van der Waals surface area contributed by atoms with Crippen molar-refractivity contribution in [1.82, 2.24) is 14.7 Å². The third-order valence-electron chi connectivity index (χ3n) is 5.36. The zero-order chi connectivity index (χ0) is 21.7. The number of ether oxygens (including phenoxy) is 2. The number of likely N-dealkylation sites (tertiary alicyclic amines) is 1. The lowest BCUT2D eigenvalue weighted by Crippen LogP contribution is -2.45. The number of benzene rings is 1. The van der Waals surface area contributed by atoms with Gasteiger partial charge < -0.3 is 14.4 Å². The zero-order valence-corrected chi connectivity index (χ0v) is 17.5. The molecule has 1 atom stereocenters. The Balaban J connectivity index is 1.73. The number of aromatic nitrogens is 2. The van der Waals surface area contributed by atoms with Gasteiger partial charge in [0.25, 0.3) is 5.56 Å². The van der Waals surface area contributed by atoms with Crippen molar-refractivity contribution in [2.75, 3.05) is 26.8 Å². The Hall–Kier alpha value is -3.16. The summed E-state index contributed by atoms with van der Waals surface area (Å²) in [5.74, 6) is 0.159. The highest BCUT2D eigenvalue weighted by Gasteiger charge is 2.31. The third kappa shape index (κ3) is 4.69. The van der Waals surface area contributed by atoms with E-state index in [0.717, 1.165) is 11.3 Å². The standard InChI is InChI=1S/C22H27N3O5/c1-4-30-22(28)17-11-13-24(14-12-17)21(27)15(2)25-20(26)10-9-19(23-25)16-5-7-18(29-3)8-6-16/h5-10,15,17H,4,11-14H2,1-3H3. The fourth-order valence-electron chi connectivity index (χ4n) is 3.58. The Morgan fingerprint density at radius 1 is 1.13 bits per heavy atom. The first-order valence-corrected chi connectivity index (χ1v) is 10.1. The van der Waals surface area contributed by atoms with E-state index in [2.05, 4.69) is 5.10 Å². The van der Waals surface area contributed by atoms with E-state index in [1.807, 2.05) is 24.3 Å². The fraction of sp³-hybridized carbons (Fsp3) is 0.455. The Bertz CT molecular complexity index is 946. The predicted octanol–water partition coefficient (Wildman–Crippen LogP) is 2.28. The van der Waals surface area contributed by atoms with Crippen molar-refractivity contribution in [2.24, 2.45) is 5.92 Å². The SMILES string of the molecule is CCOC(=O)C1CCN(C(=O)C(C)n2nc(-c3ccc(OC)cc3)ccc2=O)CC1. The summed E-state index contributed by atoms with van der Waals surface area (Å²) in [5, 5.41) is 4.42. The Morgan fingerprint density at radius 3 is 2.40 bits per heavy atom. The molecule has 1 saturated heterocycles. The van der Waals surface area contributed by atoms with Gasteiger partial charge in [0.15, 0.2) is 0 Å². The summed E-state index contributed by atoms with van der Waals surface area (Å²) < 4.78 is 11.5. The van der Waals surface area contributed by atoms with Gasteiger partial charge in [-0.3, -0.25) is 14.4 Å². The van der Waals surface area contributed by atoms with E-state index in [0.29, 0.717) is 38.2 Å². The molecule has 0 saturated carbocycles. The van der Waals surface area contributed by atoms with Crippen LogP contribution in [0.4, 0.5) is 0 Å². The van der Waals surface area contributed by atoms with Crippen LogP contribution in [0.3, 0.4) is 0 Å². The monoisotopic (exact) mass is 413 g/mol. The molecule has 1 aromatic heterocycles. The summed E-state index contributed by atoms with van der Waals surface area (Å²) in [6, 6.07) is 9.65. The minimum atomic E-state index is -0.741. The van der Waals surface area contributed by atoms with Crippen molar-refractivity contribution in [3.05, 3.63) is 46.8 Å². The molecule has 0 aliphatic carbocycles. The number of hydrogen-bond acceptors (Lipinski definition) is 6. The van der Waals surface area contributed by atoms with Crippen LogP contribution in [0.5, 0.6) is 5.75 Å². The fourth-order valence-corrected chi connectivity index (χ4v) is 3.58. The maximum absolute atomic E-state index is 13.0. The summed E-state index contributed by atoms with van der Waals surface area (Å²) in [7, 11) is 1.59. The topological polar surface area (TPSA) is 90.7 Å². The lowest BCUT2D eigenvalue weighted by Gasteiger charge is -2.32. The molecule has 8 heteroatoms. The highest BCUT2D eigenvalue weighted by atomic mass is 16.5. The largest absolute Gasteiger partial charge is 0.497 e. The van der Waals surface area contributed by atoms with E-state index in [-0.39, 0.29) is 23.4 Å². The number of carbonyl (C=O) groups is 2. The first kappa shape index (κ1) is 21.5. The van der Waals surface area contributed by atoms with E-state index >= 15 is 0 Å². The van der Waals surface area contributed by atoms with Gasteiger partial charge in [-0.1, -0.05) is 0 Å². The lowest BCUT2D eigenvalue weighted by atomic mass is 9.96. The molecule has 0 radical (unpaired) electrons. The van der Waals surface area contributed by atoms with Crippen LogP contribution < -0.4 is 10.3 Å². The summed E-state index contributed by atoms with van der Waals surface area (Å²) in [4.78, 5) is 39.0. The molecule has 0 N–H and O–H groups in total. The summed E-state index contributed by atoms with van der Waals surface area (Å²) >= 11 is 0. The Morgan fingerprint density at radius 2 is 1.80 bits per heavy atom. The number of rotatable bonds is 6. The molecule has 2 heterocycles. The second kappa shape index (κ2) is 9.56. The van der Waals surface area contributed by atoms with Gasteiger partial charge in [0.05, 0.1) is 25.3 Å². The molecule has 1 aliphatic rings. The van der Waals surface area contributed by atoms with Crippen molar-refractivity contribution in [1.29, 1.82) is 0 Å². The number of hydrogen-bond donors (Lipinski definition) is 0. The number of amides is 1. The summed E-state index contributed by atoms with van der Waals surface area (Å²) in [6.07, 6.45) is 1.12. The molecular formula is C22H27N3O5. The second-order valence-electron chi connectivity index (χ2n) is 7.26. The normalized spacial score (nSPS) is 15.5. The van der Waals surface area contributed by atoms with E-state index in [1.165, 1.54) is 10.7 Å². The molecule has 1 unspecified atom stereocenters. The number of piperidine rings is 1. The van der Waals surface area contributed by atoms with E-state index < -0.39 is 6.04 Å². The van der Waals surface area contributed by atoms with Crippen LogP contribution >= 0.6 is 0 Å². The molecule has 0 spiro atoms. The molecule has 160 valence electrons. The van der Waals surface area contributed by atoms with E-state index in [4.69, 9.17) is 9.47 Å². The molecule has 1 fully saturated rings. The lowest BCUT2D eigenvalue weighted by molar-refractivity contribution is -0.151. The molecule has 1 amide bonds. The van der Waals surface area contributed by atoms with Gasteiger partial charge in [-0.15, -0.1) is 0 Å². The van der Waals surface area contributed by atoms with Gasteiger partial charge in [-0.25, -0.2) is 4.68 Å². The molecular weight excluding hydrogens is 386 g/mol. The Labute approximate surface area is 175 Å². The van der Waals surface area contributed by atoms with Gasteiger partial charge in [0.2, 0.25) is 5.91 Å².